The van der Waals surface area contributed by atoms with Crippen LogP contribution in [0, 0.1) is 25.6 Å². The molecule has 2 aromatic rings. The first-order valence-electron chi connectivity index (χ1n) is 10.4. The zero-order valence-electron chi connectivity index (χ0n) is 17.6. The van der Waals surface area contributed by atoms with Gasteiger partial charge in [-0.25, -0.2) is 4.39 Å². The van der Waals surface area contributed by atoms with E-state index >= 15 is 0 Å². The Balaban J connectivity index is 1.40. The van der Waals surface area contributed by atoms with E-state index < -0.39 is 0 Å². The fraction of sp³-hybridized carbons (Fsp3) is 0.417. The van der Waals surface area contributed by atoms with Crippen LogP contribution < -0.4 is 10.1 Å². The zero-order chi connectivity index (χ0) is 21.5. The van der Waals surface area contributed by atoms with Crippen molar-refractivity contribution in [3.8, 4) is 5.75 Å². The smallest absolute Gasteiger partial charge is 0.260 e. The van der Waals surface area contributed by atoms with Gasteiger partial charge in [0.1, 0.15) is 11.6 Å². The summed E-state index contributed by atoms with van der Waals surface area (Å²) in [4.78, 5) is 26.7. The maximum Gasteiger partial charge on any atom is 0.260 e. The van der Waals surface area contributed by atoms with Crippen LogP contribution in [0.4, 0.5) is 4.39 Å². The van der Waals surface area contributed by atoms with Crippen LogP contribution in [0.3, 0.4) is 0 Å². The number of piperidine rings is 1. The van der Waals surface area contributed by atoms with E-state index in [0.29, 0.717) is 44.5 Å². The molecule has 1 aliphatic heterocycles. The van der Waals surface area contributed by atoms with Gasteiger partial charge in [-0.1, -0.05) is 36.4 Å². The second kappa shape index (κ2) is 10.2. The molecule has 5 nitrogen and oxygen atoms in total. The molecule has 0 bridgehead atoms. The molecule has 0 aliphatic carbocycles. The minimum Gasteiger partial charge on any atom is -0.483 e. The number of rotatable bonds is 7. The lowest BCUT2D eigenvalue weighted by Crippen LogP contribution is -2.44. The average Bonchev–Trinajstić information content (AvgIpc) is 2.74. The average molecular weight is 413 g/mol. The van der Waals surface area contributed by atoms with Gasteiger partial charge in [0.25, 0.3) is 5.91 Å². The number of carbonyl (C=O) groups excluding carboxylic acids is 2. The number of likely N-dealkylation sites (tertiary alicyclic amines) is 1. The monoisotopic (exact) mass is 412 g/mol. The molecular formula is C24H29FN2O3. The lowest BCUT2D eigenvalue weighted by atomic mass is 9.96. The summed E-state index contributed by atoms with van der Waals surface area (Å²) in [5, 5.41) is 2.90. The normalized spacial score (nSPS) is 14.4. The van der Waals surface area contributed by atoms with Gasteiger partial charge < -0.3 is 15.0 Å². The summed E-state index contributed by atoms with van der Waals surface area (Å²) >= 11 is 0. The summed E-state index contributed by atoms with van der Waals surface area (Å²) in [6.45, 7) is 5.42. The number of amides is 2. The van der Waals surface area contributed by atoms with E-state index in [1.54, 1.807) is 23.1 Å². The molecule has 0 unspecified atom stereocenters. The molecule has 1 saturated heterocycles. The summed E-state index contributed by atoms with van der Waals surface area (Å²) < 4.78 is 19.4. The van der Waals surface area contributed by atoms with Crippen molar-refractivity contribution in [2.45, 2.75) is 33.1 Å². The Kier molecular flexibility index (Phi) is 7.44. The van der Waals surface area contributed by atoms with Gasteiger partial charge in [-0.2, -0.15) is 0 Å². The second-order valence-electron chi connectivity index (χ2n) is 7.80. The molecule has 6 heteroatoms. The standard InChI is InChI=1S/C24H29FN2O3/c1-17-6-5-7-18(2)23(17)30-16-22(28)27-14-11-20(12-15-27)24(29)26-13-10-19-8-3-4-9-21(19)25/h3-9,20H,10-16H2,1-2H3,(H,26,29). The molecule has 0 atom stereocenters. The number of nitrogens with one attached hydrogen (secondary N) is 1. The fourth-order valence-corrected chi connectivity index (χ4v) is 3.81. The Morgan fingerprint density at radius 2 is 1.73 bits per heavy atom. The Bertz CT molecular complexity index is 872. The van der Waals surface area contributed by atoms with Crippen molar-refractivity contribution in [3.63, 3.8) is 0 Å². The molecule has 0 spiro atoms. The molecule has 2 aromatic carbocycles. The number of halogens is 1. The lowest BCUT2D eigenvalue weighted by molar-refractivity contribution is -0.137. The van der Waals surface area contributed by atoms with Crippen molar-refractivity contribution in [2.24, 2.45) is 5.92 Å². The highest BCUT2D eigenvalue weighted by atomic mass is 19.1. The number of hydrogen-bond donors (Lipinski definition) is 1. The Morgan fingerprint density at radius 3 is 2.40 bits per heavy atom. The topological polar surface area (TPSA) is 58.6 Å². The summed E-state index contributed by atoms with van der Waals surface area (Å²) in [6, 6.07) is 12.5. The lowest BCUT2D eigenvalue weighted by Gasteiger charge is -2.31. The van der Waals surface area contributed by atoms with Gasteiger partial charge in [0.15, 0.2) is 6.61 Å². The van der Waals surface area contributed by atoms with E-state index in [1.165, 1.54) is 6.07 Å². The largest absolute Gasteiger partial charge is 0.483 e. The molecule has 1 heterocycles. The molecule has 160 valence electrons. The van der Waals surface area contributed by atoms with Crippen molar-refractivity contribution < 1.29 is 18.7 Å². The predicted molar refractivity (Wildman–Crippen MR) is 114 cm³/mol. The second-order valence-corrected chi connectivity index (χ2v) is 7.80. The minimum atomic E-state index is -0.248. The number of aryl methyl sites for hydroxylation is 2. The van der Waals surface area contributed by atoms with E-state index in [4.69, 9.17) is 4.74 Å². The number of ether oxygens (including phenoxy) is 1. The zero-order valence-corrected chi connectivity index (χ0v) is 17.6. The molecule has 2 amide bonds. The van der Waals surface area contributed by atoms with E-state index in [1.807, 2.05) is 32.0 Å². The molecule has 0 saturated carbocycles. The summed E-state index contributed by atoms with van der Waals surface area (Å²) in [7, 11) is 0. The van der Waals surface area contributed by atoms with Crippen LogP contribution in [0.5, 0.6) is 5.75 Å². The molecular weight excluding hydrogens is 383 g/mol. The number of hydrogen-bond acceptors (Lipinski definition) is 3. The number of para-hydroxylation sites is 1. The van der Waals surface area contributed by atoms with E-state index in [0.717, 1.165) is 16.9 Å². The van der Waals surface area contributed by atoms with Crippen molar-refractivity contribution in [1.29, 1.82) is 0 Å². The first kappa shape index (κ1) is 21.8. The van der Waals surface area contributed by atoms with Gasteiger partial charge in [-0.3, -0.25) is 9.59 Å². The Morgan fingerprint density at radius 1 is 1.07 bits per heavy atom. The molecule has 3 rings (SSSR count). The fourth-order valence-electron chi connectivity index (χ4n) is 3.81. The van der Waals surface area contributed by atoms with Crippen LogP contribution in [0.1, 0.15) is 29.5 Å². The quantitative estimate of drug-likeness (QED) is 0.758. The SMILES string of the molecule is Cc1cccc(C)c1OCC(=O)N1CCC(C(=O)NCCc2ccccc2F)CC1. The number of carbonyl (C=O) groups is 2. The van der Waals surface area contributed by atoms with Gasteiger partial charge in [-0.15, -0.1) is 0 Å². The highest BCUT2D eigenvalue weighted by Crippen LogP contribution is 2.23. The van der Waals surface area contributed by atoms with Crippen LogP contribution in [-0.2, 0) is 16.0 Å². The third-order valence-corrected chi connectivity index (χ3v) is 5.62. The van der Waals surface area contributed by atoms with Crippen LogP contribution in [0.25, 0.3) is 0 Å². The van der Waals surface area contributed by atoms with Gasteiger partial charge in [-0.05, 0) is 55.9 Å². The van der Waals surface area contributed by atoms with Crippen molar-refractivity contribution in [3.05, 3.63) is 65.0 Å². The van der Waals surface area contributed by atoms with E-state index in [9.17, 15) is 14.0 Å². The number of benzene rings is 2. The van der Waals surface area contributed by atoms with Gasteiger partial charge in [0, 0.05) is 25.6 Å². The highest BCUT2D eigenvalue weighted by Gasteiger charge is 2.27. The van der Waals surface area contributed by atoms with Crippen LogP contribution in [-0.4, -0.2) is 43.0 Å². The molecule has 30 heavy (non-hydrogen) atoms. The third-order valence-electron chi connectivity index (χ3n) is 5.62. The van der Waals surface area contributed by atoms with Gasteiger partial charge in [0.2, 0.25) is 5.91 Å². The van der Waals surface area contributed by atoms with Gasteiger partial charge >= 0.3 is 0 Å². The molecule has 0 aromatic heterocycles. The highest BCUT2D eigenvalue weighted by molar-refractivity contribution is 5.80. The first-order chi connectivity index (χ1) is 14.5. The van der Waals surface area contributed by atoms with Crippen molar-refractivity contribution in [1.82, 2.24) is 10.2 Å². The first-order valence-corrected chi connectivity index (χ1v) is 10.4. The minimum absolute atomic E-state index is 0.00515. The summed E-state index contributed by atoms with van der Waals surface area (Å²) in [6.07, 6.45) is 1.72. The van der Waals surface area contributed by atoms with E-state index in [2.05, 4.69) is 5.32 Å². The Hall–Kier alpha value is -2.89. The van der Waals surface area contributed by atoms with Crippen LogP contribution in [0.2, 0.25) is 0 Å². The summed E-state index contributed by atoms with van der Waals surface area (Å²) in [5.41, 5.74) is 2.62. The maximum atomic E-state index is 13.6. The number of nitrogens with zero attached hydrogens (tertiary/aromatic N) is 1. The molecule has 1 aliphatic rings. The van der Waals surface area contributed by atoms with E-state index in [-0.39, 0.29) is 30.2 Å². The molecule has 1 fully saturated rings. The Labute approximate surface area is 177 Å². The summed E-state index contributed by atoms with van der Waals surface area (Å²) in [5.74, 6) is 0.312. The van der Waals surface area contributed by atoms with Gasteiger partial charge in [0.05, 0.1) is 0 Å². The van der Waals surface area contributed by atoms with Crippen molar-refractivity contribution in [2.75, 3.05) is 26.2 Å². The molecule has 0 radical (unpaired) electrons. The van der Waals surface area contributed by atoms with Crippen LogP contribution in [0.15, 0.2) is 42.5 Å². The predicted octanol–water partition coefficient (Wildman–Crippen LogP) is 3.42. The maximum absolute atomic E-state index is 13.6. The van der Waals surface area contributed by atoms with Crippen LogP contribution >= 0.6 is 0 Å². The molecule has 1 N–H and O–H groups in total. The third kappa shape index (κ3) is 5.59. The van der Waals surface area contributed by atoms with Crippen molar-refractivity contribution >= 4 is 11.8 Å².